The van der Waals surface area contributed by atoms with Crippen LogP contribution in [0.3, 0.4) is 0 Å². The van der Waals surface area contributed by atoms with E-state index in [1.165, 1.54) is 4.90 Å². The zero-order chi connectivity index (χ0) is 13.4. The Morgan fingerprint density at radius 1 is 1.22 bits per heavy atom. The van der Waals surface area contributed by atoms with Crippen LogP contribution in [0.1, 0.15) is 26.2 Å². The molecule has 0 saturated heterocycles. The summed E-state index contributed by atoms with van der Waals surface area (Å²) in [6.45, 7) is 1.80. The summed E-state index contributed by atoms with van der Waals surface area (Å²) in [5, 5.41) is 0. The standard InChI is InChI=1S/C13H20O3S2/c1-12(16-18(2,14)15)8-6-7-11-17-13-9-4-3-5-10-13/h3-5,9-10,12H,6-8,11H2,1-2H3/t12-/m0/s1. The van der Waals surface area contributed by atoms with Crippen LogP contribution in [0.2, 0.25) is 0 Å². The first-order chi connectivity index (χ1) is 8.47. The van der Waals surface area contributed by atoms with Gasteiger partial charge in [0.15, 0.2) is 0 Å². The van der Waals surface area contributed by atoms with E-state index < -0.39 is 10.1 Å². The molecule has 102 valence electrons. The molecule has 18 heavy (non-hydrogen) atoms. The fraction of sp³-hybridized carbons (Fsp3) is 0.538. The van der Waals surface area contributed by atoms with E-state index in [-0.39, 0.29) is 6.10 Å². The molecule has 1 aromatic carbocycles. The first kappa shape index (κ1) is 15.5. The van der Waals surface area contributed by atoms with E-state index >= 15 is 0 Å². The largest absolute Gasteiger partial charge is 0.267 e. The van der Waals surface area contributed by atoms with E-state index in [2.05, 4.69) is 12.1 Å². The molecule has 0 radical (unpaired) electrons. The SMILES string of the molecule is C[C@@H](CCCCSc1ccccc1)OS(C)(=O)=O. The molecule has 0 aliphatic carbocycles. The summed E-state index contributed by atoms with van der Waals surface area (Å²) in [4.78, 5) is 1.28. The average molecular weight is 288 g/mol. The van der Waals surface area contributed by atoms with Crippen molar-refractivity contribution < 1.29 is 12.6 Å². The summed E-state index contributed by atoms with van der Waals surface area (Å²) in [5.74, 6) is 1.05. The Morgan fingerprint density at radius 3 is 2.50 bits per heavy atom. The lowest BCUT2D eigenvalue weighted by molar-refractivity contribution is 0.217. The first-order valence-corrected chi connectivity index (χ1v) is 8.84. The molecule has 0 heterocycles. The van der Waals surface area contributed by atoms with Crippen LogP contribution >= 0.6 is 11.8 Å². The van der Waals surface area contributed by atoms with Gasteiger partial charge in [-0.25, -0.2) is 0 Å². The quantitative estimate of drug-likeness (QED) is 0.418. The van der Waals surface area contributed by atoms with Gasteiger partial charge in [0.1, 0.15) is 0 Å². The topological polar surface area (TPSA) is 43.4 Å². The lowest BCUT2D eigenvalue weighted by Crippen LogP contribution is -2.13. The van der Waals surface area contributed by atoms with Crippen molar-refractivity contribution in [3.8, 4) is 0 Å². The molecule has 0 fully saturated rings. The van der Waals surface area contributed by atoms with Crippen molar-refractivity contribution in [2.45, 2.75) is 37.2 Å². The molecule has 1 atom stereocenters. The van der Waals surface area contributed by atoms with Gasteiger partial charge >= 0.3 is 0 Å². The molecule has 1 rings (SSSR count). The summed E-state index contributed by atoms with van der Waals surface area (Å²) in [6, 6.07) is 10.3. The molecule has 1 aromatic rings. The minimum Gasteiger partial charge on any atom is -0.267 e. The molecule has 0 N–H and O–H groups in total. The molecule has 0 saturated carbocycles. The summed E-state index contributed by atoms with van der Waals surface area (Å²) < 4.78 is 26.6. The molecule has 0 unspecified atom stereocenters. The predicted molar refractivity (Wildman–Crippen MR) is 76.4 cm³/mol. The molecule has 0 aliphatic rings. The minimum atomic E-state index is -3.31. The van der Waals surface area contributed by atoms with Crippen molar-refractivity contribution in [1.82, 2.24) is 0 Å². The van der Waals surface area contributed by atoms with Crippen LogP contribution in [0.15, 0.2) is 35.2 Å². The Kier molecular flexibility index (Phi) is 6.75. The van der Waals surface area contributed by atoms with Crippen LogP contribution in [-0.2, 0) is 14.3 Å². The lowest BCUT2D eigenvalue weighted by Gasteiger charge is -2.10. The second kappa shape index (κ2) is 7.81. The van der Waals surface area contributed by atoms with E-state index in [0.717, 1.165) is 31.3 Å². The Bertz CT molecular complexity index is 429. The van der Waals surface area contributed by atoms with Crippen molar-refractivity contribution in [3.05, 3.63) is 30.3 Å². The molecule has 0 amide bonds. The fourth-order valence-corrected chi connectivity index (χ4v) is 3.21. The van der Waals surface area contributed by atoms with E-state index in [0.29, 0.717) is 0 Å². The van der Waals surface area contributed by atoms with Gasteiger partial charge in [0.25, 0.3) is 10.1 Å². The molecular formula is C13H20O3S2. The zero-order valence-corrected chi connectivity index (χ0v) is 12.5. The summed E-state index contributed by atoms with van der Waals surface area (Å²) >= 11 is 1.83. The Hall–Kier alpha value is -0.520. The van der Waals surface area contributed by atoms with Gasteiger partial charge in [0, 0.05) is 4.90 Å². The minimum absolute atomic E-state index is 0.221. The molecule has 0 bridgehead atoms. The maximum Gasteiger partial charge on any atom is 0.264 e. The third-order valence-electron chi connectivity index (χ3n) is 2.36. The number of hydrogen-bond donors (Lipinski definition) is 0. The van der Waals surface area contributed by atoms with Gasteiger partial charge in [0.05, 0.1) is 12.4 Å². The second-order valence-corrected chi connectivity index (χ2v) is 7.04. The third kappa shape index (κ3) is 7.74. The molecular weight excluding hydrogens is 268 g/mol. The summed E-state index contributed by atoms with van der Waals surface area (Å²) in [7, 11) is -3.31. The Morgan fingerprint density at radius 2 is 1.89 bits per heavy atom. The summed E-state index contributed by atoms with van der Waals surface area (Å²) in [6.07, 6.45) is 3.70. The van der Waals surface area contributed by atoms with Gasteiger partial charge in [-0.15, -0.1) is 11.8 Å². The van der Waals surface area contributed by atoms with Crippen LogP contribution in [0, 0.1) is 0 Å². The zero-order valence-electron chi connectivity index (χ0n) is 10.8. The van der Waals surface area contributed by atoms with E-state index in [1.54, 1.807) is 6.92 Å². The van der Waals surface area contributed by atoms with E-state index in [9.17, 15) is 8.42 Å². The number of thioether (sulfide) groups is 1. The molecule has 3 nitrogen and oxygen atoms in total. The lowest BCUT2D eigenvalue weighted by atomic mass is 10.2. The van der Waals surface area contributed by atoms with Crippen LogP contribution in [-0.4, -0.2) is 26.5 Å². The number of benzene rings is 1. The predicted octanol–water partition coefficient (Wildman–Crippen LogP) is 3.31. The van der Waals surface area contributed by atoms with Gasteiger partial charge in [0.2, 0.25) is 0 Å². The maximum absolute atomic E-state index is 10.9. The smallest absolute Gasteiger partial charge is 0.264 e. The maximum atomic E-state index is 10.9. The van der Waals surface area contributed by atoms with E-state index in [4.69, 9.17) is 4.18 Å². The molecule has 0 aliphatic heterocycles. The van der Waals surface area contributed by atoms with Gasteiger partial charge in [-0.2, -0.15) is 8.42 Å². The Balaban J connectivity index is 2.09. The number of unbranched alkanes of at least 4 members (excludes halogenated alkanes) is 1. The van der Waals surface area contributed by atoms with Crippen LogP contribution in [0.4, 0.5) is 0 Å². The van der Waals surface area contributed by atoms with Crippen molar-refractivity contribution in [1.29, 1.82) is 0 Å². The highest BCUT2D eigenvalue weighted by molar-refractivity contribution is 7.99. The van der Waals surface area contributed by atoms with Crippen molar-refractivity contribution in [2.24, 2.45) is 0 Å². The number of hydrogen-bond acceptors (Lipinski definition) is 4. The molecule has 0 aromatic heterocycles. The Labute approximate surface area is 114 Å². The highest BCUT2D eigenvalue weighted by Gasteiger charge is 2.09. The van der Waals surface area contributed by atoms with Gasteiger partial charge in [-0.05, 0) is 37.7 Å². The van der Waals surface area contributed by atoms with Crippen LogP contribution in [0.25, 0.3) is 0 Å². The molecule has 0 spiro atoms. The summed E-state index contributed by atoms with van der Waals surface area (Å²) in [5.41, 5.74) is 0. The van der Waals surface area contributed by atoms with Crippen LogP contribution < -0.4 is 0 Å². The van der Waals surface area contributed by atoms with E-state index in [1.807, 2.05) is 30.0 Å². The fourth-order valence-electron chi connectivity index (χ4n) is 1.59. The third-order valence-corrected chi connectivity index (χ3v) is 4.13. The van der Waals surface area contributed by atoms with Crippen LogP contribution in [0.5, 0.6) is 0 Å². The normalized spacial score (nSPS) is 13.4. The number of rotatable bonds is 8. The van der Waals surface area contributed by atoms with Crippen molar-refractivity contribution in [2.75, 3.05) is 12.0 Å². The first-order valence-electron chi connectivity index (χ1n) is 6.03. The highest BCUT2D eigenvalue weighted by Crippen LogP contribution is 2.19. The molecule has 5 heteroatoms. The van der Waals surface area contributed by atoms with Crippen molar-refractivity contribution >= 4 is 21.9 Å². The highest BCUT2D eigenvalue weighted by atomic mass is 32.2. The second-order valence-electron chi connectivity index (χ2n) is 4.27. The van der Waals surface area contributed by atoms with Gasteiger partial charge < -0.3 is 0 Å². The van der Waals surface area contributed by atoms with Gasteiger partial charge in [-0.3, -0.25) is 4.18 Å². The van der Waals surface area contributed by atoms with Crippen molar-refractivity contribution in [3.63, 3.8) is 0 Å². The van der Waals surface area contributed by atoms with Gasteiger partial charge in [-0.1, -0.05) is 24.6 Å². The average Bonchev–Trinajstić information content (AvgIpc) is 2.27. The monoisotopic (exact) mass is 288 g/mol.